The molecular weight excluding hydrogens is 346 g/mol. The fourth-order valence-corrected chi connectivity index (χ4v) is 2.34. The molecule has 27 heavy (non-hydrogen) atoms. The Labute approximate surface area is 161 Å². The lowest BCUT2D eigenvalue weighted by Gasteiger charge is -2.23. The number of carbonyl (C=O) groups is 3. The Hall–Kier alpha value is -2.57. The van der Waals surface area contributed by atoms with Crippen molar-refractivity contribution in [3.05, 3.63) is 35.4 Å². The average molecular weight is 377 g/mol. The van der Waals surface area contributed by atoms with E-state index in [0.29, 0.717) is 12.5 Å². The molecule has 0 aromatic heterocycles. The van der Waals surface area contributed by atoms with Gasteiger partial charge in [-0.25, -0.2) is 4.79 Å². The number of amides is 3. The first-order valence-electron chi connectivity index (χ1n) is 9.12. The summed E-state index contributed by atoms with van der Waals surface area (Å²) in [5, 5.41) is 5.29. The molecule has 0 aliphatic carbocycles. The molecule has 0 bridgehead atoms. The highest BCUT2D eigenvalue weighted by molar-refractivity contribution is 5.86. The van der Waals surface area contributed by atoms with Crippen molar-refractivity contribution in [2.24, 2.45) is 5.73 Å². The zero-order chi connectivity index (χ0) is 20.6. The SMILES string of the molecule is CC(C)c1ccc(CNC(=O)C(CCC(N)=O)NC(=O)OC(C)(C)C)cc1. The van der Waals surface area contributed by atoms with Gasteiger partial charge in [0.25, 0.3) is 0 Å². The first-order chi connectivity index (χ1) is 12.5. The van der Waals surface area contributed by atoms with E-state index in [9.17, 15) is 14.4 Å². The van der Waals surface area contributed by atoms with E-state index in [2.05, 4.69) is 24.5 Å². The number of carbonyl (C=O) groups excluding carboxylic acids is 3. The first kappa shape index (κ1) is 22.5. The smallest absolute Gasteiger partial charge is 0.408 e. The standard InChI is InChI=1S/C20H31N3O4/c1-13(2)15-8-6-14(7-9-15)12-22-18(25)16(10-11-17(21)24)23-19(26)27-20(3,4)5/h6-9,13,16H,10-12H2,1-5H3,(H2,21,24)(H,22,25)(H,23,26). The molecule has 1 aromatic carbocycles. The minimum absolute atomic E-state index is 0.0169. The second kappa shape index (κ2) is 9.94. The molecule has 1 atom stereocenters. The summed E-state index contributed by atoms with van der Waals surface area (Å²) < 4.78 is 5.18. The van der Waals surface area contributed by atoms with Gasteiger partial charge >= 0.3 is 6.09 Å². The second-order valence-corrected chi connectivity index (χ2v) is 7.82. The van der Waals surface area contributed by atoms with Crippen molar-refractivity contribution in [1.82, 2.24) is 10.6 Å². The predicted octanol–water partition coefficient (Wildman–Crippen LogP) is 2.58. The van der Waals surface area contributed by atoms with E-state index in [1.807, 2.05) is 24.3 Å². The molecule has 7 nitrogen and oxygen atoms in total. The number of rotatable bonds is 8. The van der Waals surface area contributed by atoms with Gasteiger partial charge < -0.3 is 21.1 Å². The molecule has 4 N–H and O–H groups in total. The summed E-state index contributed by atoms with van der Waals surface area (Å²) >= 11 is 0. The quantitative estimate of drug-likeness (QED) is 0.646. The molecule has 0 heterocycles. The maximum atomic E-state index is 12.5. The van der Waals surface area contributed by atoms with E-state index in [-0.39, 0.29) is 12.8 Å². The number of alkyl carbamates (subject to hydrolysis) is 1. The van der Waals surface area contributed by atoms with Crippen LogP contribution < -0.4 is 16.4 Å². The Morgan fingerprint density at radius 2 is 1.70 bits per heavy atom. The van der Waals surface area contributed by atoms with Crippen LogP contribution in [-0.4, -0.2) is 29.6 Å². The molecular formula is C20H31N3O4. The average Bonchev–Trinajstić information content (AvgIpc) is 2.55. The number of primary amides is 1. The lowest BCUT2D eigenvalue weighted by atomic mass is 10.0. The number of nitrogens with two attached hydrogens (primary N) is 1. The molecule has 1 aromatic rings. The van der Waals surface area contributed by atoms with Gasteiger partial charge in [-0.1, -0.05) is 38.1 Å². The molecule has 0 spiro atoms. The lowest BCUT2D eigenvalue weighted by Crippen LogP contribution is -2.48. The predicted molar refractivity (Wildman–Crippen MR) is 104 cm³/mol. The first-order valence-corrected chi connectivity index (χ1v) is 9.12. The van der Waals surface area contributed by atoms with Crippen molar-refractivity contribution < 1.29 is 19.1 Å². The fourth-order valence-electron chi connectivity index (χ4n) is 2.34. The molecule has 150 valence electrons. The van der Waals surface area contributed by atoms with E-state index in [1.54, 1.807) is 20.8 Å². The molecule has 0 fully saturated rings. The monoisotopic (exact) mass is 377 g/mol. The highest BCUT2D eigenvalue weighted by Gasteiger charge is 2.24. The maximum absolute atomic E-state index is 12.5. The van der Waals surface area contributed by atoms with Crippen LogP contribution in [0.15, 0.2) is 24.3 Å². The minimum Gasteiger partial charge on any atom is -0.444 e. The molecule has 3 amide bonds. The zero-order valence-electron chi connectivity index (χ0n) is 16.8. The normalized spacial score (nSPS) is 12.4. The van der Waals surface area contributed by atoms with E-state index < -0.39 is 29.6 Å². The number of hydrogen-bond donors (Lipinski definition) is 3. The molecule has 0 radical (unpaired) electrons. The summed E-state index contributed by atoms with van der Waals surface area (Å²) in [5.41, 5.74) is 6.64. The van der Waals surface area contributed by atoms with Crippen molar-refractivity contribution in [2.45, 2.75) is 71.6 Å². The number of benzene rings is 1. The van der Waals surface area contributed by atoms with Gasteiger partial charge in [-0.15, -0.1) is 0 Å². The largest absolute Gasteiger partial charge is 0.444 e. The van der Waals surface area contributed by atoms with E-state index in [0.717, 1.165) is 5.56 Å². The van der Waals surface area contributed by atoms with Crippen molar-refractivity contribution in [3.8, 4) is 0 Å². The topological polar surface area (TPSA) is 111 Å². The molecule has 0 saturated carbocycles. The third kappa shape index (κ3) is 9.08. The van der Waals surface area contributed by atoms with Crippen LogP contribution in [0.4, 0.5) is 4.79 Å². The third-order valence-corrected chi connectivity index (χ3v) is 3.80. The summed E-state index contributed by atoms with van der Waals surface area (Å²) in [5.74, 6) is -0.497. The third-order valence-electron chi connectivity index (χ3n) is 3.80. The van der Waals surface area contributed by atoms with Gasteiger partial charge in [0.15, 0.2) is 0 Å². The van der Waals surface area contributed by atoms with Gasteiger partial charge in [-0.3, -0.25) is 9.59 Å². The van der Waals surface area contributed by atoms with Crippen molar-refractivity contribution in [3.63, 3.8) is 0 Å². The highest BCUT2D eigenvalue weighted by atomic mass is 16.6. The number of nitrogens with one attached hydrogen (secondary N) is 2. The Bertz CT molecular complexity index is 648. The van der Waals surface area contributed by atoms with E-state index in [4.69, 9.17) is 10.5 Å². The van der Waals surface area contributed by atoms with Crippen LogP contribution in [0.2, 0.25) is 0 Å². The van der Waals surface area contributed by atoms with Gasteiger partial charge in [0.2, 0.25) is 11.8 Å². The summed E-state index contributed by atoms with van der Waals surface area (Å²) in [7, 11) is 0. The molecule has 0 aliphatic heterocycles. The Morgan fingerprint density at radius 1 is 1.11 bits per heavy atom. The van der Waals surface area contributed by atoms with Crippen LogP contribution >= 0.6 is 0 Å². The van der Waals surface area contributed by atoms with E-state index in [1.165, 1.54) is 5.56 Å². The Morgan fingerprint density at radius 3 is 2.19 bits per heavy atom. The number of hydrogen-bond acceptors (Lipinski definition) is 4. The van der Waals surface area contributed by atoms with Crippen LogP contribution in [0, 0.1) is 0 Å². The Kier molecular flexibility index (Phi) is 8.28. The van der Waals surface area contributed by atoms with Gasteiger partial charge in [-0.2, -0.15) is 0 Å². The van der Waals surface area contributed by atoms with Crippen LogP contribution in [0.3, 0.4) is 0 Å². The van der Waals surface area contributed by atoms with Gasteiger partial charge in [-0.05, 0) is 44.2 Å². The molecule has 0 aliphatic rings. The van der Waals surface area contributed by atoms with Gasteiger partial charge in [0.05, 0.1) is 0 Å². The van der Waals surface area contributed by atoms with Gasteiger partial charge in [0.1, 0.15) is 11.6 Å². The summed E-state index contributed by atoms with van der Waals surface area (Å²) in [6.07, 6.45) is -0.627. The van der Waals surface area contributed by atoms with Crippen LogP contribution in [-0.2, 0) is 20.9 Å². The van der Waals surface area contributed by atoms with E-state index >= 15 is 0 Å². The molecule has 0 saturated heterocycles. The van der Waals surface area contributed by atoms with Crippen LogP contribution in [0.25, 0.3) is 0 Å². The van der Waals surface area contributed by atoms with Gasteiger partial charge in [0, 0.05) is 13.0 Å². The van der Waals surface area contributed by atoms with Crippen molar-refractivity contribution in [2.75, 3.05) is 0 Å². The second-order valence-electron chi connectivity index (χ2n) is 7.82. The minimum atomic E-state index is -0.901. The summed E-state index contributed by atoms with van der Waals surface area (Å²) in [6, 6.07) is 7.05. The molecule has 7 heteroatoms. The Balaban J connectivity index is 2.68. The van der Waals surface area contributed by atoms with Crippen molar-refractivity contribution >= 4 is 17.9 Å². The summed E-state index contributed by atoms with van der Waals surface area (Å²) in [4.78, 5) is 35.5. The fraction of sp³-hybridized carbons (Fsp3) is 0.550. The van der Waals surface area contributed by atoms with Crippen molar-refractivity contribution in [1.29, 1.82) is 0 Å². The highest BCUT2D eigenvalue weighted by Crippen LogP contribution is 2.14. The van der Waals surface area contributed by atoms with Crippen LogP contribution in [0.1, 0.15) is 64.5 Å². The maximum Gasteiger partial charge on any atom is 0.408 e. The lowest BCUT2D eigenvalue weighted by molar-refractivity contribution is -0.124. The number of ether oxygens (including phenoxy) is 1. The summed E-state index contributed by atoms with van der Waals surface area (Å²) in [6.45, 7) is 9.73. The molecule has 1 unspecified atom stereocenters. The molecule has 1 rings (SSSR count). The zero-order valence-corrected chi connectivity index (χ0v) is 16.8. The van der Waals surface area contributed by atoms with Crippen LogP contribution in [0.5, 0.6) is 0 Å².